The number of hydrogen-bond acceptors (Lipinski definition) is 4. The molecule has 0 radical (unpaired) electrons. The molecule has 4 rings (SSSR count). The molecule has 3 heterocycles. The number of hydrogen-bond donors (Lipinski definition) is 1. The minimum Gasteiger partial charge on any atom is -0.443 e. The normalized spacial score (nSPS) is 16.7. The Balaban J connectivity index is 1.49. The summed E-state index contributed by atoms with van der Waals surface area (Å²) in [6.07, 6.45) is 8.34. The van der Waals surface area contributed by atoms with Gasteiger partial charge in [0.1, 0.15) is 17.5 Å². The van der Waals surface area contributed by atoms with Gasteiger partial charge >= 0.3 is 0 Å². The van der Waals surface area contributed by atoms with E-state index in [1.807, 2.05) is 35.2 Å². The summed E-state index contributed by atoms with van der Waals surface area (Å²) in [6, 6.07) is 9.44. The fraction of sp³-hybridized carbons (Fsp3) is 0.435. The highest BCUT2D eigenvalue weighted by Gasteiger charge is 2.33. The first-order chi connectivity index (χ1) is 14.6. The van der Waals surface area contributed by atoms with Gasteiger partial charge in [0.2, 0.25) is 5.89 Å². The minimum absolute atomic E-state index is 0.0618. The second-order valence-corrected chi connectivity index (χ2v) is 8.30. The molecule has 30 heavy (non-hydrogen) atoms. The molecule has 1 aliphatic heterocycles. The maximum atomic E-state index is 13.2. The van der Waals surface area contributed by atoms with Crippen molar-refractivity contribution in [1.29, 1.82) is 0 Å². The molecule has 1 aliphatic rings. The number of halogens is 1. The predicted octanol–water partition coefficient (Wildman–Crippen LogP) is 5.35. The number of unbranched alkanes of at least 4 members (excludes halogenated alkanes) is 1. The molecule has 0 saturated carbocycles. The van der Waals surface area contributed by atoms with Gasteiger partial charge in [-0.3, -0.25) is 9.89 Å². The highest BCUT2D eigenvalue weighted by Crippen LogP contribution is 2.32. The molecule has 158 valence electrons. The Kier molecular flexibility index (Phi) is 6.53. The minimum atomic E-state index is -0.157. The van der Waals surface area contributed by atoms with Crippen LogP contribution in [0.3, 0.4) is 0 Å². The van der Waals surface area contributed by atoms with Crippen molar-refractivity contribution < 1.29 is 9.21 Å². The zero-order valence-corrected chi connectivity index (χ0v) is 18.0. The van der Waals surface area contributed by atoms with E-state index < -0.39 is 0 Å². The molecule has 1 unspecified atom stereocenters. The quantitative estimate of drug-likeness (QED) is 0.552. The molecule has 6 nitrogen and oxygen atoms in total. The van der Waals surface area contributed by atoms with Crippen LogP contribution in [0.1, 0.15) is 78.5 Å². The second-order valence-electron chi connectivity index (χ2n) is 7.86. The third kappa shape index (κ3) is 4.75. The number of rotatable bonds is 7. The Morgan fingerprint density at radius 3 is 3.07 bits per heavy atom. The molecule has 1 atom stereocenters. The van der Waals surface area contributed by atoms with Gasteiger partial charge in [-0.15, -0.1) is 0 Å². The number of amides is 1. The topological polar surface area (TPSA) is 75.0 Å². The van der Waals surface area contributed by atoms with E-state index in [4.69, 9.17) is 16.0 Å². The standard InChI is InChI=1S/C23H27ClN4O2/c1-2-3-9-18-14-20(27-26-18)23(29)28-11-5-4-10-21(28)22-25-15-19(30-22)13-16-7-6-8-17(24)12-16/h6-8,12,14-15,21H,2-5,9-11,13H2,1H3,(H,26,27). The third-order valence-electron chi connectivity index (χ3n) is 5.54. The smallest absolute Gasteiger partial charge is 0.275 e. The summed E-state index contributed by atoms with van der Waals surface area (Å²) in [5, 5.41) is 7.97. The van der Waals surface area contributed by atoms with Crippen LogP contribution >= 0.6 is 11.6 Å². The van der Waals surface area contributed by atoms with Crippen molar-refractivity contribution in [2.24, 2.45) is 0 Å². The number of carbonyl (C=O) groups is 1. The number of benzene rings is 1. The zero-order valence-electron chi connectivity index (χ0n) is 17.2. The van der Waals surface area contributed by atoms with Crippen LogP contribution in [0, 0.1) is 0 Å². The van der Waals surface area contributed by atoms with Gasteiger partial charge < -0.3 is 9.32 Å². The molecule has 0 aliphatic carbocycles. The van der Waals surface area contributed by atoms with E-state index in [0.717, 1.165) is 55.5 Å². The van der Waals surface area contributed by atoms with Gasteiger partial charge in [0.25, 0.3) is 5.91 Å². The Hall–Kier alpha value is -2.60. The fourth-order valence-electron chi connectivity index (χ4n) is 3.95. The summed E-state index contributed by atoms with van der Waals surface area (Å²) in [4.78, 5) is 19.5. The lowest BCUT2D eigenvalue weighted by Crippen LogP contribution is -2.38. The van der Waals surface area contributed by atoms with Crippen molar-refractivity contribution in [3.05, 3.63) is 70.2 Å². The average Bonchev–Trinajstić information content (AvgIpc) is 3.41. The van der Waals surface area contributed by atoms with Crippen molar-refractivity contribution in [1.82, 2.24) is 20.1 Å². The van der Waals surface area contributed by atoms with E-state index in [9.17, 15) is 4.79 Å². The number of piperidine rings is 1. The summed E-state index contributed by atoms with van der Waals surface area (Å²) >= 11 is 6.08. The van der Waals surface area contributed by atoms with E-state index in [-0.39, 0.29) is 11.9 Å². The van der Waals surface area contributed by atoms with Crippen LogP contribution in [-0.4, -0.2) is 32.5 Å². The van der Waals surface area contributed by atoms with Crippen molar-refractivity contribution in [2.75, 3.05) is 6.54 Å². The number of oxazole rings is 1. The van der Waals surface area contributed by atoms with Gasteiger partial charge in [0.15, 0.2) is 0 Å². The van der Waals surface area contributed by atoms with Crippen LogP contribution in [0.25, 0.3) is 0 Å². The largest absolute Gasteiger partial charge is 0.443 e. The Morgan fingerprint density at radius 2 is 2.23 bits per heavy atom. The first-order valence-electron chi connectivity index (χ1n) is 10.7. The molecule has 2 aromatic heterocycles. The molecular formula is C23H27ClN4O2. The van der Waals surface area contributed by atoms with E-state index in [0.29, 0.717) is 29.6 Å². The first-order valence-corrected chi connectivity index (χ1v) is 11.1. The summed E-state index contributed by atoms with van der Waals surface area (Å²) in [6.45, 7) is 2.84. The highest BCUT2D eigenvalue weighted by molar-refractivity contribution is 6.30. The Bertz CT molecular complexity index is 997. The van der Waals surface area contributed by atoms with Crippen LogP contribution in [0.15, 0.2) is 40.9 Å². The lowest BCUT2D eigenvalue weighted by molar-refractivity contribution is 0.0564. The number of aromatic nitrogens is 3. The summed E-state index contributed by atoms with van der Waals surface area (Å²) in [5.74, 6) is 1.31. The van der Waals surface area contributed by atoms with Gasteiger partial charge in [-0.2, -0.15) is 5.10 Å². The van der Waals surface area contributed by atoms with E-state index in [1.165, 1.54) is 0 Å². The SMILES string of the molecule is CCCCc1cc(C(=O)N2CCCCC2c2ncc(Cc3cccc(Cl)c3)o2)n[nH]1. The second kappa shape index (κ2) is 9.47. The number of nitrogens with zero attached hydrogens (tertiary/aromatic N) is 3. The van der Waals surface area contributed by atoms with Crippen molar-refractivity contribution in [2.45, 2.75) is 57.9 Å². The van der Waals surface area contributed by atoms with Crippen molar-refractivity contribution in [3.63, 3.8) is 0 Å². The molecule has 1 fully saturated rings. The number of H-pyrrole nitrogens is 1. The van der Waals surface area contributed by atoms with Gasteiger partial charge in [-0.25, -0.2) is 4.98 Å². The molecule has 7 heteroatoms. The first kappa shape index (κ1) is 20.7. The summed E-state index contributed by atoms with van der Waals surface area (Å²) in [5.41, 5.74) is 2.55. The monoisotopic (exact) mass is 426 g/mol. The Morgan fingerprint density at radius 1 is 1.33 bits per heavy atom. The number of carbonyl (C=O) groups excluding carboxylic acids is 1. The average molecular weight is 427 g/mol. The van der Waals surface area contributed by atoms with Crippen LogP contribution in [0.2, 0.25) is 5.02 Å². The van der Waals surface area contributed by atoms with Gasteiger partial charge in [-0.05, 0) is 55.9 Å². The van der Waals surface area contributed by atoms with Crippen molar-refractivity contribution >= 4 is 17.5 Å². The van der Waals surface area contributed by atoms with Crippen LogP contribution in [-0.2, 0) is 12.8 Å². The summed E-state index contributed by atoms with van der Waals surface area (Å²) < 4.78 is 6.07. The third-order valence-corrected chi connectivity index (χ3v) is 5.77. The maximum Gasteiger partial charge on any atom is 0.275 e. The van der Waals surface area contributed by atoms with Gasteiger partial charge in [-0.1, -0.05) is 37.1 Å². The van der Waals surface area contributed by atoms with Gasteiger partial charge in [0, 0.05) is 23.7 Å². The van der Waals surface area contributed by atoms with Crippen LogP contribution in [0.4, 0.5) is 0 Å². The molecule has 1 saturated heterocycles. The number of nitrogens with one attached hydrogen (secondary N) is 1. The Labute approximate surface area is 181 Å². The van der Waals surface area contributed by atoms with E-state index in [1.54, 1.807) is 6.20 Å². The maximum absolute atomic E-state index is 13.2. The lowest BCUT2D eigenvalue weighted by atomic mass is 10.0. The molecule has 1 amide bonds. The molecule has 0 spiro atoms. The van der Waals surface area contributed by atoms with Crippen LogP contribution in [0.5, 0.6) is 0 Å². The fourth-order valence-corrected chi connectivity index (χ4v) is 4.16. The van der Waals surface area contributed by atoms with Crippen LogP contribution < -0.4 is 0 Å². The number of aryl methyl sites for hydroxylation is 1. The number of likely N-dealkylation sites (tertiary alicyclic amines) is 1. The van der Waals surface area contributed by atoms with E-state index >= 15 is 0 Å². The molecule has 0 bridgehead atoms. The molecule has 1 N–H and O–H groups in total. The zero-order chi connectivity index (χ0) is 20.9. The molecule has 3 aromatic rings. The summed E-state index contributed by atoms with van der Waals surface area (Å²) in [7, 11) is 0. The van der Waals surface area contributed by atoms with Gasteiger partial charge in [0.05, 0.1) is 6.20 Å². The van der Waals surface area contributed by atoms with Crippen molar-refractivity contribution in [3.8, 4) is 0 Å². The van der Waals surface area contributed by atoms with E-state index in [2.05, 4.69) is 22.1 Å². The number of aromatic amines is 1. The highest BCUT2D eigenvalue weighted by atomic mass is 35.5. The molecule has 1 aromatic carbocycles. The lowest BCUT2D eigenvalue weighted by Gasteiger charge is -2.33. The predicted molar refractivity (Wildman–Crippen MR) is 116 cm³/mol. The molecular weight excluding hydrogens is 400 g/mol.